The molecule has 9 nitrogen and oxygen atoms in total. The molecule has 1 unspecified atom stereocenters. The Morgan fingerprint density at radius 1 is 1.15 bits per heavy atom. The van der Waals surface area contributed by atoms with Crippen molar-refractivity contribution in [1.82, 2.24) is 9.13 Å². The normalized spacial score (nSPS) is 11.6. The van der Waals surface area contributed by atoms with Gasteiger partial charge in [0.15, 0.2) is 12.7 Å². The molecule has 27 heavy (non-hydrogen) atoms. The minimum atomic E-state index is -0.952. The van der Waals surface area contributed by atoms with Gasteiger partial charge in [0.05, 0.1) is 0 Å². The fourth-order valence-electron chi connectivity index (χ4n) is 2.05. The van der Waals surface area contributed by atoms with Crippen molar-refractivity contribution in [2.45, 2.75) is 13.0 Å². The van der Waals surface area contributed by atoms with Crippen LogP contribution in [0.15, 0.2) is 39.9 Å². The van der Waals surface area contributed by atoms with E-state index >= 15 is 0 Å². The molecule has 0 aliphatic carbocycles. The molecule has 1 aromatic carbocycles. The second-order valence-electron chi connectivity index (χ2n) is 5.64. The van der Waals surface area contributed by atoms with E-state index in [0.717, 1.165) is 15.2 Å². The van der Waals surface area contributed by atoms with Crippen molar-refractivity contribution in [3.05, 3.63) is 56.2 Å². The maximum Gasteiger partial charge on any atom is 0.347 e. The van der Waals surface area contributed by atoms with E-state index in [2.05, 4.69) is 5.32 Å². The Balaban J connectivity index is 1.91. The van der Waals surface area contributed by atoms with E-state index in [-0.39, 0.29) is 5.82 Å². The second-order valence-corrected chi connectivity index (χ2v) is 6.07. The first-order valence-electron chi connectivity index (χ1n) is 7.85. The lowest BCUT2D eigenvalue weighted by molar-refractivity contribution is -0.153. The second kappa shape index (κ2) is 8.54. The summed E-state index contributed by atoms with van der Waals surface area (Å²) in [5, 5.41) is 2.87. The van der Waals surface area contributed by atoms with Gasteiger partial charge in [-0.3, -0.25) is 18.7 Å². The molecule has 1 N–H and O–H groups in total. The first kappa shape index (κ1) is 20.2. The number of hydrogen-bond donors (Lipinski definition) is 1. The Bertz CT molecular complexity index is 964. The van der Waals surface area contributed by atoms with Crippen LogP contribution in [0, 0.1) is 0 Å². The van der Waals surface area contributed by atoms with E-state index in [1.807, 2.05) is 0 Å². The van der Waals surface area contributed by atoms with Crippen LogP contribution in [-0.4, -0.2) is 33.7 Å². The Hall–Kier alpha value is -3.07. The van der Waals surface area contributed by atoms with E-state index in [1.165, 1.54) is 21.0 Å². The van der Waals surface area contributed by atoms with Gasteiger partial charge >= 0.3 is 11.7 Å². The van der Waals surface area contributed by atoms with Crippen LogP contribution in [-0.2, 0) is 28.4 Å². The van der Waals surface area contributed by atoms with Crippen LogP contribution >= 0.6 is 11.6 Å². The van der Waals surface area contributed by atoms with Crippen molar-refractivity contribution in [2.24, 2.45) is 14.1 Å². The molecule has 0 saturated heterocycles. The van der Waals surface area contributed by atoms with E-state index in [1.54, 1.807) is 24.3 Å². The number of carbonyl (C=O) groups excluding carboxylic acids is 2. The summed E-state index contributed by atoms with van der Waals surface area (Å²) in [6.07, 6.45) is -0.952. The van der Waals surface area contributed by atoms with Gasteiger partial charge in [0.1, 0.15) is 11.6 Å². The monoisotopic (exact) mass is 395 g/mol. The molecule has 0 bridgehead atoms. The van der Waals surface area contributed by atoms with Crippen LogP contribution in [0.4, 0.5) is 5.82 Å². The number of nitrogens with one attached hydrogen (secondary N) is 1. The highest BCUT2D eigenvalue weighted by atomic mass is 35.5. The number of nitrogens with zero attached hydrogens (tertiary/aromatic N) is 2. The minimum absolute atomic E-state index is 0.00499. The first-order valence-corrected chi connectivity index (χ1v) is 8.22. The zero-order chi connectivity index (χ0) is 20.1. The fraction of sp³-hybridized carbons (Fsp3) is 0.294. The smallest absolute Gasteiger partial charge is 0.347 e. The van der Waals surface area contributed by atoms with Gasteiger partial charge in [0.2, 0.25) is 0 Å². The number of hydrogen-bond acceptors (Lipinski definition) is 6. The lowest BCUT2D eigenvalue weighted by Crippen LogP contribution is -2.38. The number of halogens is 1. The summed E-state index contributed by atoms with van der Waals surface area (Å²) >= 11 is 5.77. The number of amides is 1. The molecule has 10 heteroatoms. The molecule has 1 atom stereocenters. The topological polar surface area (TPSA) is 109 Å². The highest BCUT2D eigenvalue weighted by Gasteiger charge is 2.18. The summed E-state index contributed by atoms with van der Waals surface area (Å²) in [7, 11) is 2.71. The van der Waals surface area contributed by atoms with Gasteiger partial charge in [-0.05, 0) is 31.2 Å². The van der Waals surface area contributed by atoms with Crippen LogP contribution in [0.5, 0.6) is 5.75 Å². The summed E-state index contributed by atoms with van der Waals surface area (Å²) in [4.78, 5) is 47.3. The Kier molecular flexibility index (Phi) is 6.40. The van der Waals surface area contributed by atoms with Crippen molar-refractivity contribution in [3.63, 3.8) is 0 Å². The Labute approximate surface area is 159 Å². The lowest BCUT2D eigenvalue weighted by Gasteiger charge is -2.14. The molecule has 144 valence electrons. The summed E-state index contributed by atoms with van der Waals surface area (Å²) in [6, 6.07) is 7.49. The highest BCUT2D eigenvalue weighted by Crippen LogP contribution is 2.17. The molecule has 2 rings (SSSR count). The van der Waals surface area contributed by atoms with Crippen molar-refractivity contribution in [1.29, 1.82) is 0 Å². The third-order valence-electron chi connectivity index (χ3n) is 3.60. The zero-order valence-corrected chi connectivity index (χ0v) is 15.6. The number of carbonyl (C=O) groups is 2. The highest BCUT2D eigenvalue weighted by molar-refractivity contribution is 6.30. The van der Waals surface area contributed by atoms with Gasteiger partial charge in [-0.15, -0.1) is 0 Å². The SMILES string of the molecule is CC(Oc1ccc(Cl)cc1)C(=O)OCC(=O)Nc1cc(=O)n(C)c(=O)n1C. The van der Waals surface area contributed by atoms with Gasteiger partial charge in [0, 0.05) is 25.2 Å². The van der Waals surface area contributed by atoms with Gasteiger partial charge < -0.3 is 14.8 Å². The van der Waals surface area contributed by atoms with Crippen LogP contribution in [0.25, 0.3) is 0 Å². The number of ether oxygens (including phenoxy) is 2. The summed E-state index contributed by atoms with van der Waals surface area (Å²) in [6.45, 7) is 0.871. The first-order chi connectivity index (χ1) is 12.7. The zero-order valence-electron chi connectivity index (χ0n) is 14.9. The number of rotatable bonds is 6. The molecule has 2 aromatic rings. The van der Waals surface area contributed by atoms with Gasteiger partial charge in [-0.25, -0.2) is 9.59 Å². The average molecular weight is 396 g/mol. The number of anilines is 1. The lowest BCUT2D eigenvalue weighted by atomic mass is 10.3. The molecule has 0 spiro atoms. The van der Waals surface area contributed by atoms with Gasteiger partial charge in [-0.2, -0.15) is 0 Å². The summed E-state index contributed by atoms with van der Waals surface area (Å²) in [5.74, 6) is -1.04. The van der Waals surface area contributed by atoms with Crippen LogP contribution < -0.4 is 21.3 Å². The van der Waals surface area contributed by atoms with Crippen LogP contribution in [0.3, 0.4) is 0 Å². The van der Waals surface area contributed by atoms with Gasteiger partial charge in [-0.1, -0.05) is 11.6 Å². The maximum atomic E-state index is 11.9. The molecular weight excluding hydrogens is 378 g/mol. The third-order valence-corrected chi connectivity index (χ3v) is 3.85. The van der Waals surface area contributed by atoms with Crippen molar-refractivity contribution in [2.75, 3.05) is 11.9 Å². The van der Waals surface area contributed by atoms with Crippen molar-refractivity contribution in [3.8, 4) is 5.75 Å². The fourth-order valence-corrected chi connectivity index (χ4v) is 2.18. The van der Waals surface area contributed by atoms with Crippen LogP contribution in [0.1, 0.15) is 6.92 Å². The van der Waals surface area contributed by atoms with E-state index in [9.17, 15) is 19.2 Å². The van der Waals surface area contributed by atoms with Crippen LogP contribution in [0.2, 0.25) is 5.02 Å². The Morgan fingerprint density at radius 3 is 2.41 bits per heavy atom. The predicted octanol–water partition coefficient (Wildman–Crippen LogP) is 0.687. The molecule has 1 aromatic heterocycles. The van der Waals surface area contributed by atoms with E-state index in [0.29, 0.717) is 10.8 Å². The number of esters is 1. The Morgan fingerprint density at radius 2 is 1.78 bits per heavy atom. The molecule has 0 aliphatic rings. The van der Waals surface area contributed by atoms with Crippen molar-refractivity contribution < 1.29 is 19.1 Å². The van der Waals surface area contributed by atoms with E-state index in [4.69, 9.17) is 21.1 Å². The maximum absolute atomic E-state index is 11.9. The van der Waals surface area contributed by atoms with Gasteiger partial charge in [0.25, 0.3) is 11.5 Å². The summed E-state index contributed by atoms with van der Waals surface area (Å²) < 4.78 is 12.3. The molecule has 1 heterocycles. The minimum Gasteiger partial charge on any atom is -0.479 e. The average Bonchev–Trinajstić information content (AvgIpc) is 2.64. The van der Waals surface area contributed by atoms with Crippen molar-refractivity contribution >= 4 is 29.3 Å². The standard InChI is InChI=1S/C17H18ClN3O6/c1-10(27-12-6-4-11(18)5-7-12)16(24)26-9-14(22)19-13-8-15(23)21(3)17(25)20(13)2/h4-8,10H,9H2,1-3H3,(H,19,22). The molecule has 0 radical (unpaired) electrons. The molecule has 0 aliphatic heterocycles. The molecule has 0 fully saturated rings. The third kappa shape index (κ3) is 5.20. The number of benzene rings is 1. The largest absolute Gasteiger partial charge is 0.479 e. The molecular formula is C17H18ClN3O6. The summed E-state index contributed by atoms with van der Waals surface area (Å²) in [5.41, 5.74) is -1.17. The number of aromatic nitrogens is 2. The van der Waals surface area contributed by atoms with E-state index < -0.39 is 35.8 Å². The quantitative estimate of drug-likeness (QED) is 0.721. The predicted molar refractivity (Wildman–Crippen MR) is 98.1 cm³/mol. The molecule has 1 amide bonds. The molecule has 0 saturated carbocycles.